The molecule has 4 nitrogen and oxygen atoms in total. The van der Waals surface area contributed by atoms with E-state index in [9.17, 15) is 9.59 Å². The molecule has 0 bridgehead atoms. The predicted molar refractivity (Wildman–Crippen MR) is 163 cm³/mol. The SMILES string of the molecule is COC(=O)C1=C(c2ccccc2)SC(=C2C(=S)C(C)(C)N(C(=O)c3ccccc3)c3cc(C)c(C)cc32)S1. The van der Waals surface area contributed by atoms with Crippen LogP contribution in [0, 0.1) is 13.8 Å². The van der Waals surface area contributed by atoms with Crippen LogP contribution in [-0.4, -0.2) is 29.4 Å². The molecule has 0 atom stereocenters. The largest absolute Gasteiger partial charge is 0.465 e. The van der Waals surface area contributed by atoms with E-state index in [1.165, 1.54) is 30.6 Å². The number of methoxy groups -OCH3 is 1. The highest BCUT2D eigenvalue weighted by Crippen LogP contribution is 2.58. The first kappa shape index (κ1) is 26.5. The van der Waals surface area contributed by atoms with Crippen LogP contribution in [0.15, 0.2) is 81.9 Å². The number of anilines is 1. The molecule has 0 saturated heterocycles. The van der Waals surface area contributed by atoms with E-state index in [-0.39, 0.29) is 11.9 Å². The van der Waals surface area contributed by atoms with E-state index in [0.29, 0.717) is 15.3 Å². The van der Waals surface area contributed by atoms with Crippen LogP contribution >= 0.6 is 35.7 Å². The second kappa shape index (κ2) is 10.2. The van der Waals surface area contributed by atoms with E-state index in [1.54, 1.807) is 0 Å². The third-order valence-electron chi connectivity index (χ3n) is 6.89. The van der Waals surface area contributed by atoms with Gasteiger partial charge in [-0.2, -0.15) is 0 Å². The van der Waals surface area contributed by atoms with Crippen LogP contribution in [0.4, 0.5) is 5.69 Å². The van der Waals surface area contributed by atoms with Gasteiger partial charge < -0.3 is 4.74 Å². The summed E-state index contributed by atoms with van der Waals surface area (Å²) < 4.78 is 6.07. The Morgan fingerprint density at radius 2 is 1.50 bits per heavy atom. The maximum Gasteiger partial charge on any atom is 0.345 e. The lowest BCUT2D eigenvalue weighted by molar-refractivity contribution is -0.135. The van der Waals surface area contributed by atoms with Gasteiger partial charge in [0.1, 0.15) is 4.91 Å². The molecule has 7 heteroatoms. The Kier molecular flexibility index (Phi) is 7.11. The molecule has 5 rings (SSSR count). The monoisotopic (exact) mass is 557 g/mol. The molecule has 0 spiro atoms. The Morgan fingerprint density at radius 3 is 2.13 bits per heavy atom. The standard InChI is InChI=1S/C31H27NO3S3/c1-18-16-22-23(17-19(18)2)32(28(33)21-14-10-7-11-15-21)31(3,4)27(36)24(22)30-37-25(20-12-8-6-9-13-20)26(38-30)29(34)35-5/h6-17H,1-5H3. The third kappa shape index (κ3) is 4.42. The number of thiocarbonyl (C=S) groups is 1. The first-order valence-electron chi connectivity index (χ1n) is 12.2. The van der Waals surface area contributed by atoms with Gasteiger partial charge in [-0.1, -0.05) is 84.3 Å². The first-order valence-corrected chi connectivity index (χ1v) is 14.2. The summed E-state index contributed by atoms with van der Waals surface area (Å²) in [5, 5.41) is 0. The number of amides is 1. The molecule has 0 fully saturated rings. The maximum atomic E-state index is 13.9. The number of rotatable bonds is 3. The quantitative estimate of drug-likeness (QED) is 0.186. The van der Waals surface area contributed by atoms with E-state index < -0.39 is 5.54 Å². The first-order chi connectivity index (χ1) is 18.1. The average Bonchev–Trinajstić information content (AvgIpc) is 3.36. The van der Waals surface area contributed by atoms with Gasteiger partial charge in [0, 0.05) is 21.6 Å². The predicted octanol–water partition coefficient (Wildman–Crippen LogP) is 7.80. The molecular weight excluding hydrogens is 531 g/mol. The maximum absolute atomic E-state index is 13.9. The van der Waals surface area contributed by atoms with E-state index >= 15 is 0 Å². The molecule has 0 radical (unpaired) electrons. The number of thioether (sulfide) groups is 2. The van der Waals surface area contributed by atoms with Gasteiger partial charge in [0.2, 0.25) is 0 Å². The number of nitrogens with zero attached hydrogens (tertiary/aromatic N) is 1. The molecule has 38 heavy (non-hydrogen) atoms. The highest BCUT2D eigenvalue weighted by Gasteiger charge is 2.46. The van der Waals surface area contributed by atoms with Gasteiger partial charge in [-0.15, -0.1) is 0 Å². The van der Waals surface area contributed by atoms with Crippen LogP contribution in [0.25, 0.3) is 10.5 Å². The molecule has 2 aliphatic heterocycles. The normalized spacial score (nSPS) is 18.4. The second-order valence-electron chi connectivity index (χ2n) is 9.73. The van der Waals surface area contributed by atoms with Crippen LogP contribution < -0.4 is 4.90 Å². The minimum atomic E-state index is -0.790. The number of carbonyl (C=O) groups excluding carboxylic acids is 2. The molecule has 0 aromatic heterocycles. The van der Waals surface area contributed by atoms with Gasteiger partial charge in [-0.3, -0.25) is 9.69 Å². The van der Waals surface area contributed by atoms with Gasteiger partial charge in [-0.05, 0) is 68.7 Å². The van der Waals surface area contributed by atoms with Crippen molar-refractivity contribution in [1.29, 1.82) is 0 Å². The fourth-order valence-electron chi connectivity index (χ4n) is 4.70. The molecule has 192 valence electrons. The minimum absolute atomic E-state index is 0.100. The number of esters is 1. The summed E-state index contributed by atoms with van der Waals surface area (Å²) in [4.78, 5) is 30.7. The van der Waals surface area contributed by atoms with E-state index in [0.717, 1.165) is 42.7 Å². The van der Waals surface area contributed by atoms with Crippen molar-refractivity contribution in [2.45, 2.75) is 33.2 Å². The van der Waals surface area contributed by atoms with E-state index in [2.05, 4.69) is 26.0 Å². The molecule has 3 aromatic rings. The zero-order chi connectivity index (χ0) is 27.2. The van der Waals surface area contributed by atoms with Crippen LogP contribution in [0.5, 0.6) is 0 Å². The molecule has 0 unspecified atom stereocenters. The number of hydrogen-bond donors (Lipinski definition) is 0. The summed E-state index contributed by atoms with van der Waals surface area (Å²) in [5.74, 6) is -0.476. The number of carbonyl (C=O) groups is 2. The molecule has 2 aliphatic rings. The van der Waals surface area contributed by atoms with Crippen molar-refractivity contribution in [3.05, 3.63) is 110 Å². The lowest BCUT2D eigenvalue weighted by Gasteiger charge is -2.45. The van der Waals surface area contributed by atoms with Crippen molar-refractivity contribution in [2.24, 2.45) is 0 Å². The summed E-state index contributed by atoms with van der Waals surface area (Å²) in [5.41, 5.74) is 5.57. The highest BCUT2D eigenvalue weighted by atomic mass is 32.2. The molecule has 0 saturated carbocycles. The highest BCUT2D eigenvalue weighted by molar-refractivity contribution is 8.32. The number of aryl methyl sites for hydroxylation is 2. The van der Waals surface area contributed by atoms with Crippen molar-refractivity contribution in [3.63, 3.8) is 0 Å². The van der Waals surface area contributed by atoms with E-state index in [1.807, 2.05) is 79.4 Å². The topological polar surface area (TPSA) is 46.6 Å². The van der Waals surface area contributed by atoms with Gasteiger partial charge in [0.25, 0.3) is 5.91 Å². The van der Waals surface area contributed by atoms with Gasteiger partial charge in [0.05, 0.1) is 27.4 Å². The summed E-state index contributed by atoms with van der Waals surface area (Å²) in [7, 11) is 1.40. The van der Waals surface area contributed by atoms with Gasteiger partial charge >= 0.3 is 5.97 Å². The summed E-state index contributed by atoms with van der Waals surface area (Å²) in [6.07, 6.45) is 0. The fourth-order valence-corrected chi connectivity index (χ4v) is 7.86. The lowest BCUT2D eigenvalue weighted by Crippen LogP contribution is -2.56. The van der Waals surface area contributed by atoms with Gasteiger partial charge in [0.15, 0.2) is 0 Å². The minimum Gasteiger partial charge on any atom is -0.465 e. The van der Waals surface area contributed by atoms with Crippen molar-refractivity contribution in [1.82, 2.24) is 0 Å². The number of fused-ring (bicyclic) bond motifs is 1. The van der Waals surface area contributed by atoms with Crippen molar-refractivity contribution < 1.29 is 14.3 Å². The fraction of sp³-hybridized carbons (Fsp3) is 0.194. The molecule has 0 N–H and O–H groups in total. The van der Waals surface area contributed by atoms with Gasteiger partial charge in [-0.25, -0.2) is 4.79 Å². The third-order valence-corrected chi connectivity index (χ3v) is 10.2. The Labute approximate surface area is 237 Å². The second-order valence-corrected chi connectivity index (χ2v) is 12.4. The molecule has 3 aromatic carbocycles. The van der Waals surface area contributed by atoms with Crippen LogP contribution in [-0.2, 0) is 9.53 Å². The average molecular weight is 558 g/mol. The number of hydrogen-bond acceptors (Lipinski definition) is 6. The van der Waals surface area contributed by atoms with Crippen molar-refractivity contribution in [3.8, 4) is 0 Å². The Morgan fingerprint density at radius 1 is 0.895 bits per heavy atom. The Hall–Kier alpha value is -3.13. The van der Waals surface area contributed by atoms with Crippen LogP contribution in [0.3, 0.4) is 0 Å². The molecular formula is C31H27NO3S3. The summed E-state index contributed by atoms with van der Waals surface area (Å²) in [6, 6.07) is 23.3. The molecule has 1 amide bonds. The Balaban J connectivity index is 1.72. The smallest absolute Gasteiger partial charge is 0.345 e. The number of ether oxygens (including phenoxy) is 1. The molecule has 2 heterocycles. The van der Waals surface area contributed by atoms with Crippen LogP contribution in [0.2, 0.25) is 0 Å². The lowest BCUT2D eigenvalue weighted by atomic mass is 9.81. The zero-order valence-electron chi connectivity index (χ0n) is 21.8. The van der Waals surface area contributed by atoms with Crippen molar-refractivity contribution >= 4 is 68.6 Å². The Bertz CT molecular complexity index is 1540. The number of benzene rings is 3. The zero-order valence-corrected chi connectivity index (χ0v) is 24.3. The van der Waals surface area contributed by atoms with E-state index in [4.69, 9.17) is 17.0 Å². The summed E-state index contributed by atoms with van der Waals surface area (Å²) >= 11 is 9.10. The summed E-state index contributed by atoms with van der Waals surface area (Å²) in [6.45, 7) is 8.10. The van der Waals surface area contributed by atoms with Crippen molar-refractivity contribution in [2.75, 3.05) is 12.0 Å². The molecule has 0 aliphatic carbocycles. The van der Waals surface area contributed by atoms with Crippen LogP contribution in [0.1, 0.15) is 46.5 Å².